The smallest absolute Gasteiger partial charge is 0.204 e. The number of nitrogens with zero attached hydrogens (tertiary/aromatic N) is 3. The normalized spacial score (nSPS) is 11.4. The Balaban J connectivity index is 2.30. The average Bonchev–Trinajstić information content (AvgIpc) is 2.91. The van der Waals surface area contributed by atoms with Gasteiger partial charge in [-0.3, -0.25) is 4.68 Å². The highest BCUT2D eigenvalue weighted by atomic mass is 16.7. The Hall–Kier alpha value is -1.02. The zero-order valence-corrected chi connectivity index (χ0v) is 12.6. The van der Waals surface area contributed by atoms with Crippen molar-refractivity contribution in [3.63, 3.8) is 0 Å². The molecule has 0 aliphatic rings. The lowest BCUT2D eigenvalue weighted by atomic mass is 10.4. The van der Waals surface area contributed by atoms with Crippen molar-refractivity contribution in [3.05, 3.63) is 11.9 Å². The van der Waals surface area contributed by atoms with Gasteiger partial charge in [0.1, 0.15) is 5.69 Å². The second-order valence-corrected chi connectivity index (χ2v) is 4.11. The second-order valence-electron chi connectivity index (χ2n) is 4.11. The summed E-state index contributed by atoms with van der Waals surface area (Å²) >= 11 is 0. The van der Waals surface area contributed by atoms with Gasteiger partial charge in [0.15, 0.2) is 0 Å². The van der Waals surface area contributed by atoms with Crippen LogP contribution in [0.1, 0.15) is 32.3 Å². The molecule has 0 unspecified atom stereocenters. The van der Waals surface area contributed by atoms with Crippen LogP contribution in [0.25, 0.3) is 0 Å². The van der Waals surface area contributed by atoms with Crippen molar-refractivity contribution in [1.82, 2.24) is 15.0 Å². The van der Waals surface area contributed by atoms with E-state index in [1.54, 1.807) is 11.8 Å². The molecule has 0 aliphatic carbocycles. The lowest BCUT2D eigenvalue weighted by Crippen LogP contribution is -2.09. The third-order valence-corrected chi connectivity index (χ3v) is 2.54. The first-order chi connectivity index (χ1) is 9.81. The van der Waals surface area contributed by atoms with E-state index in [0.29, 0.717) is 38.7 Å². The molecule has 0 bridgehead atoms. The lowest BCUT2D eigenvalue weighted by molar-refractivity contribution is -0.142. The largest absolute Gasteiger partial charge is 0.382 e. The average molecular weight is 287 g/mol. The van der Waals surface area contributed by atoms with Crippen LogP contribution in [0.2, 0.25) is 0 Å². The van der Waals surface area contributed by atoms with Crippen molar-refractivity contribution in [2.75, 3.05) is 40.1 Å². The van der Waals surface area contributed by atoms with Crippen LogP contribution < -0.4 is 0 Å². The summed E-state index contributed by atoms with van der Waals surface area (Å²) in [5.41, 5.74) is 0.703. The summed E-state index contributed by atoms with van der Waals surface area (Å²) in [7, 11) is 1.66. The van der Waals surface area contributed by atoms with E-state index in [-0.39, 0.29) is 0 Å². The predicted octanol–water partition coefficient (Wildman–Crippen LogP) is 1.40. The van der Waals surface area contributed by atoms with E-state index in [9.17, 15) is 0 Å². The topological polar surface area (TPSA) is 67.6 Å². The van der Waals surface area contributed by atoms with E-state index in [1.807, 2.05) is 20.0 Å². The Kier molecular flexibility index (Phi) is 9.14. The van der Waals surface area contributed by atoms with Gasteiger partial charge in [-0.05, 0) is 20.3 Å². The van der Waals surface area contributed by atoms with Gasteiger partial charge in [0.05, 0.1) is 19.4 Å². The lowest BCUT2D eigenvalue weighted by Gasteiger charge is -2.13. The number of aryl methyl sites for hydroxylation is 1. The molecule has 116 valence electrons. The van der Waals surface area contributed by atoms with Crippen LogP contribution >= 0.6 is 0 Å². The third kappa shape index (κ3) is 6.42. The summed E-state index contributed by atoms with van der Waals surface area (Å²) in [6.07, 6.45) is 2.29. The summed E-state index contributed by atoms with van der Waals surface area (Å²) in [5.74, 6) is 0. The Bertz CT molecular complexity index is 340. The maximum atomic E-state index is 5.48. The van der Waals surface area contributed by atoms with Gasteiger partial charge >= 0.3 is 0 Å². The van der Waals surface area contributed by atoms with Crippen molar-refractivity contribution < 1.29 is 18.9 Å². The van der Waals surface area contributed by atoms with E-state index < -0.39 is 6.29 Å². The fourth-order valence-electron chi connectivity index (χ4n) is 1.63. The molecule has 7 nitrogen and oxygen atoms in total. The molecule has 0 aromatic carbocycles. The van der Waals surface area contributed by atoms with E-state index in [1.165, 1.54) is 0 Å². The molecule has 0 radical (unpaired) electrons. The van der Waals surface area contributed by atoms with Gasteiger partial charge in [0.2, 0.25) is 6.29 Å². The van der Waals surface area contributed by atoms with Gasteiger partial charge in [-0.25, -0.2) is 0 Å². The number of methoxy groups -OCH3 is 1. The molecule has 1 aromatic rings. The second kappa shape index (κ2) is 10.7. The van der Waals surface area contributed by atoms with Crippen LogP contribution in [0.15, 0.2) is 6.20 Å². The molecule has 0 saturated carbocycles. The fourth-order valence-corrected chi connectivity index (χ4v) is 1.63. The van der Waals surface area contributed by atoms with Gasteiger partial charge in [0, 0.05) is 33.5 Å². The van der Waals surface area contributed by atoms with Gasteiger partial charge in [-0.1, -0.05) is 5.21 Å². The first-order valence-electron chi connectivity index (χ1n) is 7.01. The molecule has 0 atom stereocenters. The summed E-state index contributed by atoms with van der Waals surface area (Å²) in [5, 5.41) is 8.15. The molecule has 0 N–H and O–H groups in total. The van der Waals surface area contributed by atoms with Crippen LogP contribution in [0.5, 0.6) is 0 Å². The van der Waals surface area contributed by atoms with E-state index in [2.05, 4.69) is 10.3 Å². The summed E-state index contributed by atoms with van der Waals surface area (Å²) < 4.78 is 23.0. The SMILES string of the molecule is CCOC(OCC)c1cn(CCCOCCOC)nn1. The Morgan fingerprint density at radius 2 is 1.90 bits per heavy atom. The van der Waals surface area contributed by atoms with E-state index in [4.69, 9.17) is 18.9 Å². The standard InChI is InChI=1S/C13H25N3O4/c1-4-19-13(20-5-2)12-11-16(15-14-12)7-6-8-18-10-9-17-3/h11,13H,4-10H2,1-3H3. The van der Waals surface area contributed by atoms with Crippen molar-refractivity contribution in [2.45, 2.75) is 33.1 Å². The Labute approximate surface area is 120 Å². The van der Waals surface area contributed by atoms with Crippen LogP contribution in [0.3, 0.4) is 0 Å². The molecular formula is C13H25N3O4. The molecule has 0 spiro atoms. The van der Waals surface area contributed by atoms with Crippen molar-refractivity contribution in [3.8, 4) is 0 Å². The maximum Gasteiger partial charge on any atom is 0.204 e. The maximum absolute atomic E-state index is 5.48. The molecule has 0 saturated heterocycles. The molecule has 1 rings (SSSR count). The third-order valence-electron chi connectivity index (χ3n) is 2.54. The molecule has 20 heavy (non-hydrogen) atoms. The van der Waals surface area contributed by atoms with Crippen LogP contribution in [-0.2, 0) is 25.5 Å². The van der Waals surface area contributed by atoms with Crippen LogP contribution in [-0.4, -0.2) is 55.1 Å². The zero-order valence-electron chi connectivity index (χ0n) is 12.6. The van der Waals surface area contributed by atoms with Crippen molar-refractivity contribution in [2.24, 2.45) is 0 Å². The van der Waals surface area contributed by atoms with Crippen molar-refractivity contribution in [1.29, 1.82) is 0 Å². The quantitative estimate of drug-likeness (QED) is 0.427. The highest BCUT2D eigenvalue weighted by Crippen LogP contribution is 2.15. The molecule has 0 fully saturated rings. The number of rotatable bonds is 12. The molecule has 7 heteroatoms. The van der Waals surface area contributed by atoms with E-state index >= 15 is 0 Å². The minimum Gasteiger partial charge on any atom is -0.382 e. The fraction of sp³-hybridized carbons (Fsp3) is 0.846. The molecular weight excluding hydrogens is 262 g/mol. The summed E-state index contributed by atoms with van der Waals surface area (Å²) in [6.45, 7) is 7.68. The minimum atomic E-state index is -0.434. The molecule has 0 amide bonds. The number of ether oxygens (including phenoxy) is 4. The summed E-state index contributed by atoms with van der Waals surface area (Å²) in [6, 6.07) is 0. The molecule has 0 aliphatic heterocycles. The predicted molar refractivity (Wildman–Crippen MR) is 73.3 cm³/mol. The van der Waals surface area contributed by atoms with Crippen LogP contribution in [0.4, 0.5) is 0 Å². The first-order valence-corrected chi connectivity index (χ1v) is 7.01. The summed E-state index contributed by atoms with van der Waals surface area (Å²) in [4.78, 5) is 0. The monoisotopic (exact) mass is 287 g/mol. The zero-order chi connectivity index (χ0) is 14.6. The van der Waals surface area contributed by atoms with Gasteiger partial charge < -0.3 is 18.9 Å². The first kappa shape index (κ1) is 17.0. The number of hydrogen-bond acceptors (Lipinski definition) is 6. The molecule has 1 heterocycles. The van der Waals surface area contributed by atoms with Crippen molar-refractivity contribution >= 4 is 0 Å². The van der Waals surface area contributed by atoms with Gasteiger partial charge in [0.25, 0.3) is 0 Å². The highest BCUT2D eigenvalue weighted by Gasteiger charge is 2.15. The highest BCUT2D eigenvalue weighted by molar-refractivity contribution is 4.94. The molecule has 1 aromatic heterocycles. The number of hydrogen-bond donors (Lipinski definition) is 0. The number of aromatic nitrogens is 3. The minimum absolute atomic E-state index is 0.434. The Morgan fingerprint density at radius 1 is 1.15 bits per heavy atom. The van der Waals surface area contributed by atoms with Gasteiger partial charge in [-0.15, -0.1) is 5.10 Å². The van der Waals surface area contributed by atoms with Gasteiger partial charge in [-0.2, -0.15) is 0 Å². The Morgan fingerprint density at radius 3 is 2.55 bits per heavy atom. The van der Waals surface area contributed by atoms with E-state index in [0.717, 1.165) is 13.0 Å². The van der Waals surface area contributed by atoms with Crippen LogP contribution in [0, 0.1) is 0 Å².